The van der Waals surface area contributed by atoms with Gasteiger partial charge in [0.2, 0.25) is 0 Å². The van der Waals surface area contributed by atoms with Crippen LogP contribution in [-0.4, -0.2) is 30.1 Å². The second kappa shape index (κ2) is 5.25. The predicted octanol–water partition coefficient (Wildman–Crippen LogP) is 2.15. The number of ether oxygens (including phenoxy) is 1. The van der Waals surface area contributed by atoms with E-state index in [9.17, 15) is 8.42 Å². The Bertz CT molecular complexity index is 924. The molecule has 0 amide bonds. The number of methoxy groups -OCH3 is 1. The van der Waals surface area contributed by atoms with Gasteiger partial charge in [-0.3, -0.25) is 4.72 Å². The van der Waals surface area contributed by atoms with Crippen LogP contribution in [0.15, 0.2) is 29.4 Å². The number of aryl methyl sites for hydroxylation is 2. The first-order valence-corrected chi connectivity index (χ1v) is 8.66. The number of rotatable bonds is 4. The van der Waals surface area contributed by atoms with Crippen LogP contribution in [0, 0.1) is 6.92 Å². The van der Waals surface area contributed by atoms with Crippen molar-refractivity contribution in [3.8, 4) is 5.19 Å². The second-order valence-electron chi connectivity index (χ2n) is 4.71. The van der Waals surface area contributed by atoms with Gasteiger partial charge in [0.05, 0.1) is 23.0 Å². The summed E-state index contributed by atoms with van der Waals surface area (Å²) in [4.78, 5) is 8.29. The number of imidazole rings is 1. The zero-order valence-corrected chi connectivity index (χ0v) is 13.8. The van der Waals surface area contributed by atoms with Crippen molar-refractivity contribution in [2.24, 2.45) is 7.05 Å². The number of sulfonamides is 1. The maximum Gasteiger partial charge on any atom is 0.280 e. The van der Waals surface area contributed by atoms with Gasteiger partial charge in [-0.15, -0.1) is 0 Å². The van der Waals surface area contributed by atoms with E-state index in [1.165, 1.54) is 17.5 Å². The summed E-state index contributed by atoms with van der Waals surface area (Å²) in [5, 5.41) is 0.532. The molecule has 9 heteroatoms. The van der Waals surface area contributed by atoms with Crippen LogP contribution >= 0.6 is 11.3 Å². The molecule has 0 bridgehead atoms. The number of anilines is 1. The quantitative estimate of drug-likeness (QED) is 0.788. The Morgan fingerprint density at radius 3 is 2.73 bits per heavy atom. The molecule has 2 heterocycles. The Kier molecular flexibility index (Phi) is 3.53. The van der Waals surface area contributed by atoms with Gasteiger partial charge in [0, 0.05) is 13.2 Å². The average Bonchev–Trinajstić information content (AvgIpc) is 3.02. The molecular formula is C13H14N4O3S2. The Morgan fingerprint density at radius 2 is 2.09 bits per heavy atom. The molecular weight excluding hydrogens is 324 g/mol. The van der Waals surface area contributed by atoms with Gasteiger partial charge >= 0.3 is 0 Å². The molecule has 7 nitrogen and oxygen atoms in total. The van der Waals surface area contributed by atoms with Crippen LogP contribution in [-0.2, 0) is 17.1 Å². The van der Waals surface area contributed by atoms with Gasteiger partial charge in [0.1, 0.15) is 5.82 Å². The van der Waals surface area contributed by atoms with Crippen LogP contribution in [0.25, 0.3) is 10.2 Å². The first kappa shape index (κ1) is 14.8. The number of nitrogens with zero attached hydrogens (tertiary/aromatic N) is 3. The number of fused-ring (bicyclic) bond motifs is 1. The summed E-state index contributed by atoms with van der Waals surface area (Å²) in [5.41, 5.74) is 1.22. The third-order valence-electron chi connectivity index (χ3n) is 3.16. The van der Waals surface area contributed by atoms with Gasteiger partial charge in [-0.2, -0.15) is 8.42 Å². The molecule has 2 aromatic heterocycles. The lowest BCUT2D eigenvalue weighted by Crippen LogP contribution is -2.13. The van der Waals surface area contributed by atoms with E-state index in [2.05, 4.69) is 14.7 Å². The molecule has 0 aliphatic heterocycles. The number of benzene rings is 1. The highest BCUT2D eigenvalue weighted by Gasteiger charge is 2.19. The zero-order valence-electron chi connectivity index (χ0n) is 12.2. The van der Waals surface area contributed by atoms with Crippen LogP contribution in [0.5, 0.6) is 5.19 Å². The van der Waals surface area contributed by atoms with Crippen molar-refractivity contribution in [2.75, 3.05) is 11.8 Å². The van der Waals surface area contributed by atoms with Gasteiger partial charge in [0.15, 0.2) is 5.03 Å². The summed E-state index contributed by atoms with van der Waals surface area (Å²) >= 11 is 1.35. The van der Waals surface area contributed by atoms with Crippen molar-refractivity contribution in [1.82, 2.24) is 14.5 Å². The molecule has 3 aromatic rings. The Hall–Kier alpha value is -2.13. The molecule has 3 rings (SSSR count). The van der Waals surface area contributed by atoms with Crippen molar-refractivity contribution in [2.45, 2.75) is 11.9 Å². The number of thiazole rings is 1. The third-order valence-corrected chi connectivity index (χ3v) is 5.39. The van der Waals surface area contributed by atoms with E-state index in [0.29, 0.717) is 16.7 Å². The summed E-state index contributed by atoms with van der Waals surface area (Å²) in [6.45, 7) is 1.74. The Morgan fingerprint density at radius 1 is 1.32 bits per heavy atom. The van der Waals surface area contributed by atoms with Gasteiger partial charge in [-0.1, -0.05) is 11.3 Å². The monoisotopic (exact) mass is 338 g/mol. The highest BCUT2D eigenvalue weighted by molar-refractivity contribution is 7.92. The molecule has 0 spiro atoms. The molecule has 0 atom stereocenters. The number of nitrogens with one attached hydrogen (secondary N) is 1. The van der Waals surface area contributed by atoms with E-state index >= 15 is 0 Å². The average molecular weight is 338 g/mol. The predicted molar refractivity (Wildman–Crippen MR) is 84.9 cm³/mol. The van der Waals surface area contributed by atoms with Crippen LogP contribution in [0.1, 0.15) is 5.82 Å². The highest BCUT2D eigenvalue weighted by Crippen LogP contribution is 2.30. The minimum absolute atomic E-state index is 0.00511. The van der Waals surface area contributed by atoms with Crippen LogP contribution in [0.2, 0.25) is 0 Å². The van der Waals surface area contributed by atoms with Crippen molar-refractivity contribution in [1.29, 1.82) is 0 Å². The van der Waals surface area contributed by atoms with Crippen molar-refractivity contribution < 1.29 is 13.2 Å². The first-order valence-electron chi connectivity index (χ1n) is 6.36. The summed E-state index contributed by atoms with van der Waals surface area (Å²) < 4.78 is 34.8. The summed E-state index contributed by atoms with van der Waals surface area (Å²) in [6.07, 6.45) is 1.48. The minimum atomic E-state index is -3.71. The topological polar surface area (TPSA) is 86.1 Å². The van der Waals surface area contributed by atoms with E-state index < -0.39 is 10.0 Å². The van der Waals surface area contributed by atoms with E-state index in [0.717, 1.165) is 10.2 Å². The molecule has 0 aliphatic carbocycles. The summed E-state index contributed by atoms with van der Waals surface area (Å²) in [5.74, 6) is 0.628. The molecule has 0 fully saturated rings. The van der Waals surface area contributed by atoms with Gasteiger partial charge in [-0.05, 0) is 25.1 Å². The van der Waals surface area contributed by atoms with Crippen LogP contribution < -0.4 is 9.46 Å². The fourth-order valence-corrected chi connectivity index (χ4v) is 3.83. The Labute approximate surface area is 131 Å². The fraction of sp³-hybridized carbons (Fsp3) is 0.231. The molecule has 22 heavy (non-hydrogen) atoms. The van der Waals surface area contributed by atoms with Crippen LogP contribution in [0.3, 0.4) is 0 Å². The molecule has 0 saturated heterocycles. The van der Waals surface area contributed by atoms with E-state index in [4.69, 9.17) is 4.74 Å². The zero-order chi connectivity index (χ0) is 15.9. The lowest BCUT2D eigenvalue weighted by molar-refractivity contribution is 0.413. The molecule has 0 aliphatic rings. The lowest BCUT2D eigenvalue weighted by atomic mass is 10.3. The second-order valence-corrected chi connectivity index (χ2v) is 7.33. The van der Waals surface area contributed by atoms with Crippen molar-refractivity contribution in [3.05, 3.63) is 30.2 Å². The standard InChI is InChI=1S/C13H14N4O3S2/c1-8-14-12(7-17(8)2)22(18,19)16-9-4-5-10-11(6-9)21-13(15-10)20-3/h4-7,16H,1-3H3. The minimum Gasteiger partial charge on any atom is -0.473 e. The van der Waals surface area contributed by atoms with Crippen LogP contribution in [0.4, 0.5) is 5.69 Å². The third kappa shape index (κ3) is 2.64. The molecule has 0 saturated carbocycles. The van der Waals surface area contributed by atoms with Crippen molar-refractivity contribution >= 4 is 37.3 Å². The lowest BCUT2D eigenvalue weighted by Gasteiger charge is -2.05. The summed E-state index contributed by atoms with van der Waals surface area (Å²) in [6, 6.07) is 5.13. The molecule has 0 unspecified atom stereocenters. The molecule has 1 N–H and O–H groups in total. The van der Waals surface area contributed by atoms with E-state index in [-0.39, 0.29) is 5.03 Å². The molecule has 0 radical (unpaired) electrons. The maximum atomic E-state index is 12.3. The number of hydrogen-bond donors (Lipinski definition) is 1. The van der Waals surface area contributed by atoms with Gasteiger partial charge in [-0.25, -0.2) is 9.97 Å². The molecule has 116 valence electrons. The SMILES string of the molecule is COc1nc2ccc(NS(=O)(=O)c3cn(C)c(C)n3)cc2s1. The van der Waals surface area contributed by atoms with Gasteiger partial charge in [0.25, 0.3) is 15.2 Å². The Balaban J connectivity index is 1.94. The summed E-state index contributed by atoms with van der Waals surface area (Å²) in [7, 11) is -0.418. The number of hydrogen-bond acceptors (Lipinski definition) is 6. The number of aromatic nitrogens is 3. The van der Waals surface area contributed by atoms with Crippen molar-refractivity contribution in [3.63, 3.8) is 0 Å². The highest BCUT2D eigenvalue weighted by atomic mass is 32.2. The largest absolute Gasteiger partial charge is 0.473 e. The fourth-order valence-electron chi connectivity index (χ4n) is 1.92. The van der Waals surface area contributed by atoms with Gasteiger partial charge < -0.3 is 9.30 Å². The smallest absolute Gasteiger partial charge is 0.280 e. The first-order chi connectivity index (χ1) is 10.4. The van der Waals surface area contributed by atoms with E-state index in [1.54, 1.807) is 43.8 Å². The normalized spacial score (nSPS) is 11.8. The molecule has 1 aromatic carbocycles. The maximum absolute atomic E-state index is 12.3. The van der Waals surface area contributed by atoms with E-state index in [1.807, 2.05) is 0 Å².